The molecule has 1 amide bonds. The normalized spacial score (nSPS) is 16.4. The van der Waals surface area contributed by atoms with E-state index in [0.29, 0.717) is 19.6 Å². The minimum atomic E-state index is 0.0657. The zero-order chi connectivity index (χ0) is 16.4. The molecule has 0 saturated carbocycles. The highest BCUT2D eigenvalue weighted by atomic mass is 32.1. The monoisotopic (exact) mass is 338 g/mol. The lowest BCUT2D eigenvalue weighted by Crippen LogP contribution is -2.26. The molecule has 3 aromatic rings. The van der Waals surface area contributed by atoms with Gasteiger partial charge in [-0.3, -0.25) is 4.79 Å². The molecule has 1 aromatic heterocycles. The summed E-state index contributed by atoms with van der Waals surface area (Å²) >= 11 is 1.63. The van der Waals surface area contributed by atoms with E-state index < -0.39 is 0 Å². The van der Waals surface area contributed by atoms with Crippen molar-refractivity contribution in [2.75, 3.05) is 6.61 Å². The van der Waals surface area contributed by atoms with Gasteiger partial charge in [-0.25, -0.2) is 4.98 Å². The number of aromatic nitrogens is 1. The van der Waals surface area contributed by atoms with E-state index in [9.17, 15) is 4.79 Å². The second-order valence-electron chi connectivity index (χ2n) is 5.93. The number of carbonyl (C=O) groups excluding carboxylic acids is 1. The number of ether oxygens (including phenoxy) is 1. The Morgan fingerprint density at radius 2 is 2.04 bits per heavy atom. The average Bonchev–Trinajstić information content (AvgIpc) is 3.03. The third-order valence-electron chi connectivity index (χ3n) is 4.29. The van der Waals surface area contributed by atoms with E-state index in [4.69, 9.17) is 4.74 Å². The molecule has 1 aliphatic heterocycles. The zero-order valence-electron chi connectivity index (χ0n) is 13.2. The van der Waals surface area contributed by atoms with Gasteiger partial charge in [0, 0.05) is 6.42 Å². The fourth-order valence-electron chi connectivity index (χ4n) is 3.09. The van der Waals surface area contributed by atoms with Gasteiger partial charge < -0.3 is 10.1 Å². The number of benzene rings is 2. The summed E-state index contributed by atoms with van der Waals surface area (Å²) in [5.74, 6) is 1.20. The molecule has 1 aliphatic rings. The van der Waals surface area contributed by atoms with E-state index in [1.165, 1.54) is 0 Å². The topological polar surface area (TPSA) is 51.2 Å². The summed E-state index contributed by atoms with van der Waals surface area (Å²) in [6, 6.07) is 16.0. The van der Waals surface area contributed by atoms with Crippen LogP contribution < -0.4 is 10.1 Å². The molecule has 4 rings (SSSR count). The molecule has 4 nitrogen and oxygen atoms in total. The van der Waals surface area contributed by atoms with Crippen LogP contribution in [0.15, 0.2) is 48.5 Å². The van der Waals surface area contributed by atoms with Crippen LogP contribution in [0.5, 0.6) is 5.75 Å². The van der Waals surface area contributed by atoms with Gasteiger partial charge in [0.15, 0.2) is 0 Å². The smallest absolute Gasteiger partial charge is 0.220 e. The van der Waals surface area contributed by atoms with Crippen LogP contribution in [-0.2, 0) is 11.3 Å². The van der Waals surface area contributed by atoms with Crippen molar-refractivity contribution in [1.82, 2.24) is 10.3 Å². The summed E-state index contributed by atoms with van der Waals surface area (Å²) < 4.78 is 6.81. The summed E-state index contributed by atoms with van der Waals surface area (Å²) in [4.78, 5) is 16.9. The summed E-state index contributed by atoms with van der Waals surface area (Å²) in [7, 11) is 0. The first-order chi connectivity index (χ1) is 11.8. The van der Waals surface area contributed by atoms with Crippen LogP contribution in [0.25, 0.3) is 10.2 Å². The Kier molecular flexibility index (Phi) is 4.17. The fraction of sp³-hybridized carbons (Fsp3) is 0.263. The van der Waals surface area contributed by atoms with E-state index in [1.54, 1.807) is 11.3 Å². The second kappa shape index (κ2) is 6.61. The lowest BCUT2D eigenvalue weighted by atomic mass is 9.90. The van der Waals surface area contributed by atoms with Gasteiger partial charge >= 0.3 is 0 Å². The quantitative estimate of drug-likeness (QED) is 0.786. The van der Waals surface area contributed by atoms with E-state index in [-0.39, 0.29) is 11.8 Å². The van der Waals surface area contributed by atoms with Gasteiger partial charge in [-0.2, -0.15) is 0 Å². The Bertz CT molecular complexity index is 841. The lowest BCUT2D eigenvalue weighted by Gasteiger charge is -2.25. The number of rotatable bonds is 4. The van der Waals surface area contributed by atoms with Crippen LogP contribution in [0.2, 0.25) is 0 Å². The number of nitrogens with zero attached hydrogens (tertiary/aromatic N) is 1. The third kappa shape index (κ3) is 3.12. The van der Waals surface area contributed by atoms with Gasteiger partial charge in [-0.15, -0.1) is 11.3 Å². The Morgan fingerprint density at radius 1 is 1.21 bits per heavy atom. The molecule has 24 heavy (non-hydrogen) atoms. The SMILES string of the molecule is O=C(C[C@H]1CCOc2ccccc21)NCc1nc2ccccc2s1. The second-order valence-corrected chi connectivity index (χ2v) is 7.04. The zero-order valence-corrected chi connectivity index (χ0v) is 14.0. The minimum absolute atomic E-state index is 0.0657. The van der Waals surface area contributed by atoms with Crippen LogP contribution >= 0.6 is 11.3 Å². The fourth-order valence-corrected chi connectivity index (χ4v) is 4.00. The van der Waals surface area contributed by atoms with E-state index >= 15 is 0 Å². The van der Waals surface area contributed by atoms with E-state index in [1.807, 2.05) is 36.4 Å². The molecule has 2 aromatic carbocycles. The summed E-state index contributed by atoms with van der Waals surface area (Å²) in [5.41, 5.74) is 2.13. The number of para-hydroxylation sites is 2. The minimum Gasteiger partial charge on any atom is -0.493 e. The van der Waals surface area contributed by atoms with E-state index in [0.717, 1.165) is 33.0 Å². The Hall–Kier alpha value is -2.40. The molecular weight excluding hydrogens is 320 g/mol. The van der Waals surface area contributed by atoms with Gasteiger partial charge in [0.05, 0.1) is 23.4 Å². The number of amides is 1. The molecule has 122 valence electrons. The average molecular weight is 338 g/mol. The lowest BCUT2D eigenvalue weighted by molar-refractivity contribution is -0.121. The predicted molar refractivity (Wildman–Crippen MR) is 95.4 cm³/mol. The van der Waals surface area contributed by atoms with Crippen LogP contribution in [0.1, 0.15) is 29.3 Å². The van der Waals surface area contributed by atoms with E-state index in [2.05, 4.69) is 22.4 Å². The van der Waals surface area contributed by atoms with Crippen LogP contribution in [0, 0.1) is 0 Å². The first-order valence-electron chi connectivity index (χ1n) is 8.12. The van der Waals surface area contributed by atoms with Gasteiger partial charge in [-0.1, -0.05) is 30.3 Å². The van der Waals surface area contributed by atoms with Gasteiger partial charge in [0.2, 0.25) is 5.91 Å². The van der Waals surface area contributed by atoms with Crippen molar-refractivity contribution in [1.29, 1.82) is 0 Å². The van der Waals surface area contributed by atoms with Crippen molar-refractivity contribution in [2.45, 2.75) is 25.3 Å². The number of nitrogens with one attached hydrogen (secondary N) is 1. The standard InChI is InChI=1S/C19H18N2O2S/c22-18(11-13-9-10-23-16-7-3-1-5-14(13)16)20-12-19-21-15-6-2-4-8-17(15)24-19/h1-8,13H,9-12H2,(H,20,22)/t13-/m1/s1. The number of hydrogen-bond acceptors (Lipinski definition) is 4. The number of fused-ring (bicyclic) bond motifs is 2. The molecule has 0 spiro atoms. The summed E-state index contributed by atoms with van der Waals surface area (Å²) in [6.07, 6.45) is 1.37. The molecule has 5 heteroatoms. The van der Waals surface area contributed by atoms with Crippen LogP contribution in [-0.4, -0.2) is 17.5 Å². The molecule has 0 radical (unpaired) electrons. The Labute approximate surface area is 144 Å². The maximum absolute atomic E-state index is 12.3. The molecule has 0 aliphatic carbocycles. The Morgan fingerprint density at radius 3 is 2.96 bits per heavy atom. The van der Waals surface area contributed by atoms with Crippen LogP contribution in [0.4, 0.5) is 0 Å². The highest BCUT2D eigenvalue weighted by molar-refractivity contribution is 7.18. The maximum Gasteiger partial charge on any atom is 0.220 e. The van der Waals surface area contributed by atoms with Crippen LogP contribution in [0.3, 0.4) is 0 Å². The van der Waals surface area contributed by atoms with Gasteiger partial charge in [0.25, 0.3) is 0 Å². The van der Waals surface area contributed by atoms with Crippen molar-refractivity contribution in [2.24, 2.45) is 0 Å². The Balaban J connectivity index is 1.39. The molecule has 1 N–H and O–H groups in total. The molecule has 0 fully saturated rings. The number of thiazole rings is 1. The first-order valence-corrected chi connectivity index (χ1v) is 8.94. The molecule has 0 bridgehead atoms. The van der Waals surface area contributed by atoms with Crippen molar-refractivity contribution in [3.63, 3.8) is 0 Å². The van der Waals surface area contributed by atoms with Gasteiger partial charge in [-0.05, 0) is 36.1 Å². The highest BCUT2D eigenvalue weighted by Crippen LogP contribution is 2.35. The first kappa shape index (κ1) is 15.1. The number of carbonyl (C=O) groups is 1. The van der Waals surface area contributed by atoms with Gasteiger partial charge in [0.1, 0.15) is 10.8 Å². The molecular formula is C19H18N2O2S. The van der Waals surface area contributed by atoms with Crippen molar-refractivity contribution >= 4 is 27.5 Å². The highest BCUT2D eigenvalue weighted by Gasteiger charge is 2.23. The molecule has 1 atom stereocenters. The molecule has 0 unspecified atom stereocenters. The predicted octanol–water partition coefficient (Wildman–Crippen LogP) is 3.87. The van der Waals surface area contributed by atoms with Crippen molar-refractivity contribution < 1.29 is 9.53 Å². The van der Waals surface area contributed by atoms with Crippen molar-refractivity contribution in [3.8, 4) is 5.75 Å². The summed E-state index contributed by atoms with van der Waals surface area (Å²) in [6.45, 7) is 1.16. The maximum atomic E-state index is 12.3. The number of hydrogen-bond donors (Lipinski definition) is 1. The summed E-state index contributed by atoms with van der Waals surface area (Å²) in [5, 5.41) is 3.95. The largest absolute Gasteiger partial charge is 0.493 e. The van der Waals surface area contributed by atoms with Crippen molar-refractivity contribution in [3.05, 3.63) is 59.1 Å². The molecule has 0 saturated heterocycles. The molecule has 2 heterocycles. The third-order valence-corrected chi connectivity index (χ3v) is 5.33.